The van der Waals surface area contributed by atoms with Gasteiger partial charge in [-0.15, -0.1) is 0 Å². The highest BCUT2D eigenvalue weighted by Gasteiger charge is 2.19. The molecule has 0 saturated carbocycles. The topological polar surface area (TPSA) is 9.23 Å². The van der Waals surface area contributed by atoms with Crippen LogP contribution in [0.25, 0.3) is 21.9 Å². The Kier molecular flexibility index (Phi) is 3.99. The largest absolute Gasteiger partial charge is 0.494 e. The molecule has 0 bridgehead atoms. The van der Waals surface area contributed by atoms with Crippen molar-refractivity contribution >= 4 is 10.8 Å². The van der Waals surface area contributed by atoms with Gasteiger partial charge in [-0.25, -0.2) is 13.2 Å². The molecular formula is C19H15F3O. The minimum Gasteiger partial charge on any atom is -0.494 e. The SMILES string of the molecule is CCc1ccc(-c2cc3ccc(OC)c(F)c3c(F)c2F)cc1. The normalized spacial score (nSPS) is 11.0. The molecule has 0 N–H and O–H groups in total. The number of hydrogen-bond acceptors (Lipinski definition) is 1. The molecule has 0 aliphatic carbocycles. The molecule has 0 aliphatic heterocycles. The summed E-state index contributed by atoms with van der Waals surface area (Å²) in [6, 6.07) is 11.6. The first-order valence-electron chi connectivity index (χ1n) is 7.30. The number of aryl methyl sites for hydroxylation is 1. The van der Waals surface area contributed by atoms with Crippen LogP contribution in [-0.2, 0) is 6.42 Å². The van der Waals surface area contributed by atoms with E-state index >= 15 is 0 Å². The van der Waals surface area contributed by atoms with Gasteiger partial charge in [-0.2, -0.15) is 0 Å². The Labute approximate surface area is 132 Å². The number of rotatable bonds is 3. The van der Waals surface area contributed by atoms with E-state index in [2.05, 4.69) is 0 Å². The predicted molar refractivity (Wildman–Crippen MR) is 85.2 cm³/mol. The fraction of sp³-hybridized carbons (Fsp3) is 0.158. The summed E-state index contributed by atoms with van der Waals surface area (Å²) < 4.78 is 47.9. The van der Waals surface area contributed by atoms with E-state index in [4.69, 9.17) is 4.74 Å². The standard InChI is InChI=1S/C19H15F3O/c1-3-11-4-6-12(7-5-11)14-10-13-8-9-15(23-2)18(21)16(13)19(22)17(14)20/h4-10H,3H2,1-2H3. The molecular weight excluding hydrogens is 301 g/mol. The number of fused-ring (bicyclic) bond motifs is 1. The van der Waals surface area contributed by atoms with Gasteiger partial charge in [-0.3, -0.25) is 0 Å². The van der Waals surface area contributed by atoms with Crippen molar-refractivity contribution in [3.05, 3.63) is 65.5 Å². The monoisotopic (exact) mass is 316 g/mol. The van der Waals surface area contributed by atoms with Crippen molar-refractivity contribution in [1.82, 2.24) is 0 Å². The molecule has 23 heavy (non-hydrogen) atoms. The van der Waals surface area contributed by atoms with Crippen LogP contribution >= 0.6 is 0 Å². The van der Waals surface area contributed by atoms with Crippen LogP contribution in [-0.4, -0.2) is 7.11 Å². The molecule has 0 spiro atoms. The average Bonchev–Trinajstić information content (AvgIpc) is 2.58. The minimum atomic E-state index is -1.20. The quantitative estimate of drug-likeness (QED) is 0.620. The van der Waals surface area contributed by atoms with E-state index in [0.717, 1.165) is 12.0 Å². The molecule has 0 saturated heterocycles. The molecule has 1 nitrogen and oxygen atoms in total. The second-order valence-corrected chi connectivity index (χ2v) is 5.28. The van der Waals surface area contributed by atoms with Crippen molar-refractivity contribution in [1.29, 1.82) is 0 Å². The third-order valence-electron chi connectivity index (χ3n) is 3.98. The lowest BCUT2D eigenvalue weighted by Crippen LogP contribution is -1.97. The van der Waals surface area contributed by atoms with Crippen LogP contribution in [0, 0.1) is 17.5 Å². The van der Waals surface area contributed by atoms with Gasteiger partial charge in [0.2, 0.25) is 0 Å². The molecule has 0 aromatic heterocycles. The lowest BCUT2D eigenvalue weighted by molar-refractivity contribution is 0.388. The van der Waals surface area contributed by atoms with Gasteiger partial charge in [0.15, 0.2) is 23.2 Å². The van der Waals surface area contributed by atoms with Crippen LogP contribution in [0.2, 0.25) is 0 Å². The van der Waals surface area contributed by atoms with E-state index < -0.39 is 22.8 Å². The summed E-state index contributed by atoms with van der Waals surface area (Å²) in [6.07, 6.45) is 0.861. The molecule has 3 aromatic carbocycles. The first kappa shape index (κ1) is 15.4. The van der Waals surface area contributed by atoms with Crippen molar-refractivity contribution in [3.8, 4) is 16.9 Å². The van der Waals surface area contributed by atoms with Crippen LogP contribution in [0.5, 0.6) is 5.75 Å². The molecule has 0 aliphatic rings. The Morgan fingerprint density at radius 1 is 0.870 bits per heavy atom. The maximum absolute atomic E-state index is 14.4. The van der Waals surface area contributed by atoms with Crippen molar-refractivity contribution in [2.75, 3.05) is 7.11 Å². The van der Waals surface area contributed by atoms with Crippen LogP contribution in [0.15, 0.2) is 42.5 Å². The highest BCUT2D eigenvalue weighted by atomic mass is 19.2. The summed E-state index contributed by atoms with van der Waals surface area (Å²) in [5.74, 6) is -3.27. The van der Waals surface area contributed by atoms with Gasteiger partial charge in [-0.05, 0) is 35.1 Å². The highest BCUT2D eigenvalue weighted by Crippen LogP contribution is 2.35. The summed E-state index contributed by atoms with van der Waals surface area (Å²) in [5, 5.41) is -0.104. The number of ether oxygens (including phenoxy) is 1. The number of benzene rings is 3. The Morgan fingerprint density at radius 2 is 1.57 bits per heavy atom. The summed E-state index contributed by atoms with van der Waals surface area (Å²) in [6.45, 7) is 2.02. The van der Waals surface area contributed by atoms with E-state index in [1.165, 1.54) is 25.3 Å². The fourth-order valence-corrected chi connectivity index (χ4v) is 2.65. The van der Waals surface area contributed by atoms with E-state index in [0.29, 0.717) is 5.56 Å². The van der Waals surface area contributed by atoms with E-state index in [9.17, 15) is 13.2 Å². The van der Waals surface area contributed by atoms with Gasteiger partial charge >= 0.3 is 0 Å². The lowest BCUT2D eigenvalue weighted by Gasteiger charge is -2.11. The molecule has 3 rings (SSSR count). The Morgan fingerprint density at radius 3 is 2.17 bits per heavy atom. The predicted octanol–water partition coefficient (Wildman–Crippen LogP) is 5.50. The number of halogens is 3. The second kappa shape index (κ2) is 5.95. The zero-order valence-electron chi connectivity index (χ0n) is 12.8. The van der Waals surface area contributed by atoms with Gasteiger partial charge in [0.25, 0.3) is 0 Å². The van der Waals surface area contributed by atoms with Crippen molar-refractivity contribution in [3.63, 3.8) is 0 Å². The van der Waals surface area contributed by atoms with Gasteiger partial charge in [0.1, 0.15) is 0 Å². The van der Waals surface area contributed by atoms with Crippen molar-refractivity contribution in [2.24, 2.45) is 0 Å². The van der Waals surface area contributed by atoms with Gasteiger partial charge in [-0.1, -0.05) is 37.3 Å². The molecule has 0 unspecified atom stereocenters. The van der Waals surface area contributed by atoms with Crippen LogP contribution in [0.4, 0.5) is 13.2 Å². The third-order valence-corrected chi connectivity index (χ3v) is 3.98. The number of hydrogen-bond donors (Lipinski definition) is 0. The molecule has 0 heterocycles. The molecule has 0 radical (unpaired) electrons. The zero-order valence-corrected chi connectivity index (χ0v) is 12.8. The fourth-order valence-electron chi connectivity index (χ4n) is 2.65. The van der Waals surface area contributed by atoms with Gasteiger partial charge in [0.05, 0.1) is 12.5 Å². The first-order chi connectivity index (χ1) is 11.1. The summed E-state index contributed by atoms with van der Waals surface area (Å²) in [4.78, 5) is 0. The summed E-state index contributed by atoms with van der Waals surface area (Å²) in [5.41, 5.74) is 1.77. The smallest absolute Gasteiger partial charge is 0.175 e. The van der Waals surface area contributed by atoms with E-state index in [-0.39, 0.29) is 16.7 Å². The van der Waals surface area contributed by atoms with Crippen LogP contribution < -0.4 is 4.74 Å². The summed E-state index contributed by atoms with van der Waals surface area (Å²) >= 11 is 0. The van der Waals surface area contributed by atoms with E-state index in [1.54, 1.807) is 12.1 Å². The molecule has 0 fully saturated rings. The molecule has 118 valence electrons. The number of methoxy groups -OCH3 is 1. The molecule has 0 amide bonds. The zero-order chi connectivity index (χ0) is 16.6. The van der Waals surface area contributed by atoms with Crippen molar-refractivity contribution < 1.29 is 17.9 Å². The molecule has 3 aromatic rings. The Balaban J connectivity index is 2.25. The van der Waals surface area contributed by atoms with Gasteiger partial charge < -0.3 is 4.74 Å². The van der Waals surface area contributed by atoms with Crippen LogP contribution in [0.3, 0.4) is 0 Å². The maximum atomic E-state index is 14.4. The second-order valence-electron chi connectivity index (χ2n) is 5.28. The Bertz CT molecular complexity index is 870. The molecule has 4 heteroatoms. The molecule has 0 atom stereocenters. The van der Waals surface area contributed by atoms with Crippen molar-refractivity contribution in [2.45, 2.75) is 13.3 Å². The Hall–Kier alpha value is -2.49. The van der Waals surface area contributed by atoms with E-state index in [1.807, 2.05) is 19.1 Å². The lowest BCUT2D eigenvalue weighted by atomic mass is 9.98. The first-order valence-corrected chi connectivity index (χ1v) is 7.30. The highest BCUT2D eigenvalue weighted by molar-refractivity contribution is 5.90. The maximum Gasteiger partial charge on any atom is 0.175 e. The van der Waals surface area contributed by atoms with Gasteiger partial charge in [0, 0.05) is 5.56 Å². The average molecular weight is 316 g/mol. The summed E-state index contributed by atoms with van der Waals surface area (Å²) in [7, 11) is 1.28. The van der Waals surface area contributed by atoms with Crippen LogP contribution in [0.1, 0.15) is 12.5 Å². The minimum absolute atomic E-state index is 0.113. The third kappa shape index (κ3) is 2.54.